The molecule has 0 spiro atoms. The molecule has 0 saturated carbocycles. The molecule has 10 aromatic rings. The second-order valence-corrected chi connectivity index (χ2v) is 31.2. The molecule has 0 aromatic heterocycles. The van der Waals surface area contributed by atoms with Gasteiger partial charge in [0.1, 0.15) is 17.4 Å². The summed E-state index contributed by atoms with van der Waals surface area (Å²) >= 11 is 17.5. The minimum Gasteiger partial charge on any atom is -0.508 e. The molecule has 0 aliphatic heterocycles. The van der Waals surface area contributed by atoms with Crippen molar-refractivity contribution in [1.82, 2.24) is 0 Å². The summed E-state index contributed by atoms with van der Waals surface area (Å²) in [5.41, 5.74) is 14.3. The third kappa shape index (κ3) is 40.5. The van der Waals surface area contributed by atoms with Gasteiger partial charge in [0.2, 0.25) is 0 Å². The van der Waals surface area contributed by atoms with Gasteiger partial charge in [0.05, 0.1) is 5.56 Å². The number of aryl methyl sites for hydroxylation is 2. The summed E-state index contributed by atoms with van der Waals surface area (Å²) in [5.74, 6) is 5.12. The molecule has 10 aromatic carbocycles. The molecule has 558 valence electrons. The predicted molar refractivity (Wildman–Crippen MR) is 452 cm³/mol. The highest BCUT2D eigenvalue weighted by molar-refractivity contribution is 14.1. The van der Waals surface area contributed by atoms with E-state index in [9.17, 15) is 22.0 Å². The first-order chi connectivity index (χ1) is 48.3. The molecular weight excluding hydrogens is 1510 g/mol. The van der Waals surface area contributed by atoms with Crippen LogP contribution >= 0.6 is 61.7 Å². The van der Waals surface area contributed by atoms with Crippen LogP contribution in [0.5, 0.6) is 5.75 Å². The lowest BCUT2D eigenvalue weighted by Crippen LogP contribution is -2.05. The number of aromatic hydroxyl groups is 1. The van der Waals surface area contributed by atoms with Crippen molar-refractivity contribution >= 4 is 61.7 Å². The number of rotatable bonds is 10. The van der Waals surface area contributed by atoms with Crippen LogP contribution in [0.25, 0.3) is 0 Å². The Kier molecular flexibility index (Phi) is 46.6. The van der Waals surface area contributed by atoms with Crippen LogP contribution in [0, 0.1) is 29.1 Å². The summed E-state index contributed by atoms with van der Waals surface area (Å²) in [5, 5.41) is 10.6. The lowest BCUT2D eigenvalue weighted by atomic mass is 9.99. The molecule has 0 radical (unpaired) electrons. The highest BCUT2D eigenvalue weighted by atomic mass is 127. The molecule has 1 N–H and O–H groups in total. The van der Waals surface area contributed by atoms with Crippen molar-refractivity contribution in [2.75, 3.05) is 0 Å². The molecule has 0 heterocycles. The number of alkyl halides is 3. The quantitative estimate of drug-likeness (QED) is 0.107. The topological polar surface area (TPSA) is 20.2 Å². The number of hydrogen-bond donors (Lipinski definition) is 1. The Morgan fingerprint density at radius 1 is 0.330 bits per heavy atom. The Morgan fingerprint density at radius 2 is 0.680 bits per heavy atom. The monoisotopic (exact) mass is 1620 g/mol. The Hall–Kier alpha value is -6.56. The molecule has 0 aliphatic carbocycles. The van der Waals surface area contributed by atoms with Crippen molar-refractivity contribution in [3.8, 4) is 5.75 Å². The first-order valence-corrected chi connectivity index (χ1v) is 38.5. The van der Waals surface area contributed by atoms with E-state index < -0.39 is 11.7 Å². The average molecular weight is 1620 g/mol. The summed E-state index contributed by atoms with van der Waals surface area (Å²) in [6, 6.07) is 76.4. The van der Waals surface area contributed by atoms with Crippen molar-refractivity contribution in [2.45, 2.75) is 218 Å². The maximum atomic E-state index is 12.8. The molecular formula is C93H117BrCl2F5IO. The SMILES string of the molecule is CC(C)c1ccc(O)cc1.CC(C)c1cccc(Br)c1.CC(C)c1cccc(C(F)(F)F)c1.CC(C)c1cccc(Cl)c1.CC(C)c1cccc(F)c1.CC(C)c1cccc(I)c1.CC(C)c1ccccc1Cl.CC(C)c1ccccc1F.Cc1ccccc1C(C)C.Cc1ccccc1C(C)C. The fourth-order valence-electron chi connectivity index (χ4n) is 9.75. The van der Waals surface area contributed by atoms with Crippen LogP contribution in [0.2, 0.25) is 10.0 Å². The van der Waals surface area contributed by atoms with Gasteiger partial charge in [0.25, 0.3) is 0 Å². The minimum absolute atomic E-state index is 0.0995. The van der Waals surface area contributed by atoms with Gasteiger partial charge in [-0.1, -0.05) is 341 Å². The summed E-state index contributed by atoms with van der Waals surface area (Å²) in [4.78, 5) is 0. The van der Waals surface area contributed by atoms with Crippen molar-refractivity contribution < 1.29 is 27.1 Å². The second-order valence-electron chi connectivity index (χ2n) is 28.2. The lowest BCUT2D eigenvalue weighted by molar-refractivity contribution is -0.137. The lowest BCUT2D eigenvalue weighted by Gasteiger charge is -2.10. The van der Waals surface area contributed by atoms with E-state index in [4.69, 9.17) is 28.3 Å². The molecule has 0 unspecified atom stereocenters. The van der Waals surface area contributed by atoms with Crippen molar-refractivity contribution in [1.29, 1.82) is 0 Å². The number of benzene rings is 10. The van der Waals surface area contributed by atoms with E-state index >= 15 is 0 Å². The van der Waals surface area contributed by atoms with E-state index in [1.807, 2.05) is 100 Å². The summed E-state index contributed by atoms with van der Waals surface area (Å²) in [7, 11) is 0. The number of hydrogen-bond acceptors (Lipinski definition) is 1. The van der Waals surface area contributed by atoms with Crippen LogP contribution in [0.15, 0.2) is 247 Å². The summed E-state index contributed by atoms with van der Waals surface area (Å²) in [6.45, 7) is 46.7. The Balaban J connectivity index is 0.000000573. The summed E-state index contributed by atoms with van der Waals surface area (Å²) < 4.78 is 64.6. The molecule has 0 amide bonds. The largest absolute Gasteiger partial charge is 0.508 e. The fraction of sp³-hybridized carbons (Fsp3) is 0.355. The molecule has 0 bridgehead atoms. The highest BCUT2D eigenvalue weighted by Crippen LogP contribution is 2.32. The normalized spacial score (nSPS) is 10.6. The molecule has 103 heavy (non-hydrogen) atoms. The van der Waals surface area contributed by atoms with Crippen LogP contribution < -0.4 is 0 Å². The summed E-state index contributed by atoms with van der Waals surface area (Å²) in [6.07, 6.45) is -4.23. The highest BCUT2D eigenvalue weighted by Gasteiger charge is 2.30. The first-order valence-electron chi connectivity index (χ1n) is 35.8. The molecule has 1 nitrogen and oxygen atoms in total. The van der Waals surface area contributed by atoms with E-state index in [-0.39, 0.29) is 23.5 Å². The van der Waals surface area contributed by atoms with Gasteiger partial charge in [-0.05, 0) is 241 Å². The van der Waals surface area contributed by atoms with Crippen molar-refractivity contribution in [2.24, 2.45) is 0 Å². The maximum absolute atomic E-state index is 12.8. The third-order valence-corrected chi connectivity index (χ3v) is 17.9. The standard InChI is InChI=1S/C10H11F3.2C10H14.C9H11Br.2C9H11Cl.2C9H11F.C9H11I.C9H12O/c1-7(2)8-4-3-5-9(6-8)10(11,12)13;2*1-8(2)10-7-5-4-6-9(10)3;2*1-7(2)8-4-3-5-9(10)6-8;1-7(2)8-5-3-4-6-9(8)10;1-7(2)8-4-3-5-9(10)6-8;1-7(2)8-5-3-4-6-9(8)10;1-7(2)8-4-3-5-9(10)6-8;1-7(2)8-3-5-9(10)6-4-8/h3-7H,1-2H3;2*4-8H,1-3H3;6*3-7H,1-2H3;3-7,10H,1-2H3. The van der Waals surface area contributed by atoms with Crippen LogP contribution in [0.4, 0.5) is 22.0 Å². The van der Waals surface area contributed by atoms with E-state index in [1.54, 1.807) is 36.4 Å². The minimum atomic E-state index is -4.23. The molecule has 10 heteroatoms. The van der Waals surface area contributed by atoms with E-state index in [0.29, 0.717) is 53.1 Å². The van der Waals surface area contributed by atoms with Gasteiger partial charge in [0.15, 0.2) is 0 Å². The van der Waals surface area contributed by atoms with Gasteiger partial charge in [-0.3, -0.25) is 0 Å². The number of halogens is 9. The molecule has 10 rings (SSSR count). The second kappa shape index (κ2) is 50.8. The third-order valence-electron chi connectivity index (χ3n) is 16.2. The zero-order valence-electron chi connectivity index (χ0n) is 65.2. The Labute approximate surface area is 651 Å². The zero-order chi connectivity index (χ0) is 78.1. The molecule has 0 fully saturated rings. The Morgan fingerprint density at radius 3 is 0.990 bits per heavy atom. The van der Waals surface area contributed by atoms with E-state index in [1.165, 1.54) is 82.4 Å². The predicted octanol–water partition coefficient (Wildman–Crippen LogP) is 32.4. The van der Waals surface area contributed by atoms with Crippen molar-refractivity contribution in [3.05, 3.63) is 345 Å². The van der Waals surface area contributed by atoms with Gasteiger partial charge in [-0.25, -0.2) is 8.78 Å². The number of phenols is 1. The van der Waals surface area contributed by atoms with Gasteiger partial charge < -0.3 is 5.11 Å². The van der Waals surface area contributed by atoms with Crippen LogP contribution in [-0.2, 0) is 6.18 Å². The van der Waals surface area contributed by atoms with Crippen LogP contribution in [-0.4, -0.2) is 5.11 Å². The first kappa shape index (κ1) is 94.5. The van der Waals surface area contributed by atoms with Crippen molar-refractivity contribution in [3.63, 3.8) is 0 Å². The molecule has 0 aliphatic rings. The van der Waals surface area contributed by atoms with Gasteiger partial charge in [-0.15, -0.1) is 0 Å². The number of phenolic OH excluding ortho intramolecular Hbond substituents is 1. The van der Waals surface area contributed by atoms with Gasteiger partial charge >= 0.3 is 6.18 Å². The van der Waals surface area contributed by atoms with Crippen LogP contribution in [0.3, 0.4) is 0 Å². The maximum Gasteiger partial charge on any atom is 0.416 e. The fourth-order valence-corrected chi connectivity index (χ4v) is 11.3. The molecule has 0 saturated heterocycles. The van der Waals surface area contributed by atoms with E-state index in [2.05, 4.69) is 266 Å². The van der Waals surface area contributed by atoms with Gasteiger partial charge in [-0.2, -0.15) is 13.2 Å². The van der Waals surface area contributed by atoms with Crippen LogP contribution in [0.1, 0.15) is 270 Å². The van der Waals surface area contributed by atoms with Gasteiger partial charge in [0, 0.05) is 18.1 Å². The zero-order valence-corrected chi connectivity index (χ0v) is 70.5. The smallest absolute Gasteiger partial charge is 0.416 e. The average Bonchev–Trinajstić information content (AvgIpc) is 0.844. The Bertz CT molecular complexity index is 3510. The van der Waals surface area contributed by atoms with E-state index in [0.717, 1.165) is 32.8 Å². The molecule has 0 atom stereocenters.